The molecule has 0 radical (unpaired) electrons. The summed E-state index contributed by atoms with van der Waals surface area (Å²) in [6.07, 6.45) is 5.66. The molecule has 0 unspecified atom stereocenters. The first-order valence-electron chi connectivity index (χ1n) is 2.54. The van der Waals surface area contributed by atoms with Crippen molar-refractivity contribution in [1.82, 2.24) is 0 Å². The summed E-state index contributed by atoms with van der Waals surface area (Å²) in [4.78, 5) is 1.22. The van der Waals surface area contributed by atoms with Crippen LogP contribution in [-0.4, -0.2) is 0 Å². The molecule has 0 aromatic heterocycles. The van der Waals surface area contributed by atoms with E-state index in [1.165, 1.54) is 4.91 Å². The number of fused-ring (bicyclic) bond motifs is 1. The Morgan fingerprint density at radius 2 is 2.44 bits per heavy atom. The van der Waals surface area contributed by atoms with Gasteiger partial charge in [0.05, 0.1) is 11.2 Å². The van der Waals surface area contributed by atoms with Gasteiger partial charge in [-0.15, -0.1) is 0 Å². The van der Waals surface area contributed by atoms with Crippen LogP contribution in [0.2, 0.25) is 0 Å². The second-order valence-electron chi connectivity index (χ2n) is 1.64. The molecule has 0 saturated heterocycles. The van der Waals surface area contributed by atoms with Crippen LogP contribution in [0, 0.1) is 0 Å². The third kappa shape index (κ3) is 0.904. The van der Waals surface area contributed by atoms with E-state index in [9.17, 15) is 0 Å². The highest BCUT2D eigenvalue weighted by molar-refractivity contribution is 8.79. The molecule has 2 aliphatic heterocycles. The van der Waals surface area contributed by atoms with Crippen molar-refractivity contribution < 1.29 is 4.74 Å². The van der Waals surface area contributed by atoms with Gasteiger partial charge in [-0.2, -0.15) is 0 Å². The van der Waals surface area contributed by atoms with Gasteiger partial charge >= 0.3 is 0 Å². The average molecular weight is 156 g/mol. The molecule has 2 rings (SSSR count). The molecule has 0 bridgehead atoms. The van der Waals surface area contributed by atoms with E-state index in [0.29, 0.717) is 0 Å². The van der Waals surface area contributed by atoms with Gasteiger partial charge in [-0.25, -0.2) is 0 Å². The minimum absolute atomic E-state index is 0.993. The summed E-state index contributed by atoms with van der Waals surface area (Å²) >= 11 is 0. The van der Waals surface area contributed by atoms with Crippen molar-refractivity contribution in [2.45, 2.75) is 0 Å². The maximum Gasteiger partial charge on any atom is 0.148 e. The van der Waals surface area contributed by atoms with Crippen molar-refractivity contribution in [2.75, 3.05) is 0 Å². The van der Waals surface area contributed by atoms with Gasteiger partial charge in [-0.1, -0.05) is 10.8 Å². The first-order valence-corrected chi connectivity index (χ1v) is 4.75. The zero-order chi connectivity index (χ0) is 6.10. The monoisotopic (exact) mass is 156 g/mol. The Kier molecular flexibility index (Phi) is 1.32. The van der Waals surface area contributed by atoms with E-state index in [1.54, 1.807) is 27.8 Å². The topological polar surface area (TPSA) is 9.23 Å². The molecule has 9 heavy (non-hydrogen) atoms. The molecular formula is C6H4OS2. The summed E-state index contributed by atoms with van der Waals surface area (Å²) in [5.74, 6) is 0.993. The van der Waals surface area contributed by atoms with E-state index < -0.39 is 0 Å². The lowest BCUT2D eigenvalue weighted by Crippen LogP contribution is -1.86. The van der Waals surface area contributed by atoms with Crippen LogP contribution in [0.4, 0.5) is 0 Å². The third-order valence-corrected chi connectivity index (χ3v) is 3.10. The lowest BCUT2D eigenvalue weighted by molar-refractivity contribution is 0.364. The van der Waals surface area contributed by atoms with E-state index in [0.717, 1.165) is 5.76 Å². The molecule has 0 amide bonds. The Hall–Kier alpha value is -0.280. The summed E-state index contributed by atoms with van der Waals surface area (Å²) in [7, 11) is 3.44. The zero-order valence-corrected chi connectivity index (χ0v) is 6.17. The summed E-state index contributed by atoms with van der Waals surface area (Å²) in [6.45, 7) is 0. The van der Waals surface area contributed by atoms with Crippen LogP contribution in [0.25, 0.3) is 0 Å². The predicted octanol–water partition coefficient (Wildman–Crippen LogP) is 2.65. The fraction of sp³-hybridized carbons (Fsp3) is 0. The molecule has 0 N–H and O–H groups in total. The third-order valence-electron chi connectivity index (χ3n) is 1.06. The molecule has 46 valence electrons. The minimum Gasteiger partial charge on any atom is -0.463 e. The van der Waals surface area contributed by atoms with Gasteiger partial charge in [-0.3, -0.25) is 0 Å². The molecule has 0 spiro atoms. The molecule has 0 aromatic rings. The standard InChI is InChI=1S/C6H4OS2/c1-2-6-5(7-3-1)4-8-9-6/h1-4H. The van der Waals surface area contributed by atoms with Crippen LogP contribution in [-0.2, 0) is 4.74 Å². The fourth-order valence-corrected chi connectivity index (χ4v) is 2.60. The smallest absolute Gasteiger partial charge is 0.148 e. The van der Waals surface area contributed by atoms with Gasteiger partial charge in [0.1, 0.15) is 5.76 Å². The molecule has 3 heteroatoms. The van der Waals surface area contributed by atoms with Crippen molar-refractivity contribution in [3.05, 3.63) is 34.5 Å². The molecule has 0 fully saturated rings. The highest BCUT2D eigenvalue weighted by Crippen LogP contribution is 2.45. The second-order valence-corrected chi connectivity index (χ2v) is 3.75. The highest BCUT2D eigenvalue weighted by atomic mass is 33.1. The normalized spacial score (nSPS) is 22.2. The van der Waals surface area contributed by atoms with E-state index >= 15 is 0 Å². The summed E-state index contributed by atoms with van der Waals surface area (Å²) < 4.78 is 5.17. The molecule has 2 aliphatic rings. The highest BCUT2D eigenvalue weighted by Gasteiger charge is 2.14. The fourth-order valence-electron chi connectivity index (χ4n) is 0.654. The van der Waals surface area contributed by atoms with Gasteiger partial charge in [0, 0.05) is 5.41 Å². The number of hydrogen-bond acceptors (Lipinski definition) is 3. The molecule has 0 saturated carbocycles. The number of rotatable bonds is 0. The van der Waals surface area contributed by atoms with Crippen molar-refractivity contribution in [1.29, 1.82) is 0 Å². The van der Waals surface area contributed by atoms with Crippen molar-refractivity contribution in [3.8, 4) is 0 Å². The van der Waals surface area contributed by atoms with Gasteiger partial charge < -0.3 is 4.74 Å². The quantitative estimate of drug-likeness (QED) is 0.499. The van der Waals surface area contributed by atoms with Crippen LogP contribution in [0.15, 0.2) is 34.5 Å². The minimum atomic E-state index is 0.993. The Labute approximate surface area is 61.2 Å². The number of allylic oxidation sites excluding steroid dienone is 2. The van der Waals surface area contributed by atoms with Crippen LogP contribution in [0.3, 0.4) is 0 Å². The van der Waals surface area contributed by atoms with Crippen molar-refractivity contribution in [3.63, 3.8) is 0 Å². The summed E-state index contributed by atoms with van der Waals surface area (Å²) in [5.41, 5.74) is 0. The molecule has 2 heterocycles. The Bertz CT molecular complexity index is 215. The number of ether oxygens (including phenoxy) is 1. The molecular weight excluding hydrogens is 152 g/mol. The van der Waals surface area contributed by atoms with Gasteiger partial charge in [0.15, 0.2) is 0 Å². The lowest BCUT2D eigenvalue weighted by atomic mass is 10.4. The van der Waals surface area contributed by atoms with Crippen LogP contribution in [0.5, 0.6) is 0 Å². The van der Waals surface area contributed by atoms with Gasteiger partial charge in [0.25, 0.3) is 0 Å². The average Bonchev–Trinajstić information content (AvgIpc) is 2.33. The van der Waals surface area contributed by atoms with E-state index in [4.69, 9.17) is 4.74 Å². The summed E-state index contributed by atoms with van der Waals surface area (Å²) in [6, 6.07) is 0. The van der Waals surface area contributed by atoms with Crippen LogP contribution in [0.1, 0.15) is 0 Å². The number of hydrogen-bond donors (Lipinski definition) is 0. The first-order chi connectivity index (χ1) is 4.47. The largest absolute Gasteiger partial charge is 0.463 e. The Morgan fingerprint density at radius 3 is 3.33 bits per heavy atom. The predicted molar refractivity (Wildman–Crippen MR) is 41.6 cm³/mol. The van der Waals surface area contributed by atoms with Crippen LogP contribution >= 0.6 is 21.6 Å². The maximum atomic E-state index is 5.17. The second kappa shape index (κ2) is 2.15. The van der Waals surface area contributed by atoms with Crippen molar-refractivity contribution >= 4 is 21.6 Å². The van der Waals surface area contributed by atoms with Crippen molar-refractivity contribution in [2.24, 2.45) is 0 Å². The van der Waals surface area contributed by atoms with Gasteiger partial charge in [-0.05, 0) is 22.9 Å². The Balaban J connectivity index is 2.37. The first kappa shape index (κ1) is 5.50. The Morgan fingerprint density at radius 1 is 1.44 bits per heavy atom. The maximum absolute atomic E-state index is 5.17. The SMILES string of the molecule is C1=COC2=CSSC2=C1. The van der Waals surface area contributed by atoms with Gasteiger partial charge in [0.2, 0.25) is 0 Å². The molecule has 0 aromatic carbocycles. The summed E-state index contributed by atoms with van der Waals surface area (Å²) in [5, 5.41) is 2.01. The lowest BCUT2D eigenvalue weighted by Gasteiger charge is -2.04. The molecule has 0 aliphatic carbocycles. The van der Waals surface area contributed by atoms with E-state index in [1.807, 2.05) is 11.5 Å². The molecule has 0 atom stereocenters. The van der Waals surface area contributed by atoms with Crippen LogP contribution < -0.4 is 0 Å². The zero-order valence-electron chi connectivity index (χ0n) is 4.53. The van der Waals surface area contributed by atoms with E-state index in [-0.39, 0.29) is 0 Å². The van der Waals surface area contributed by atoms with E-state index in [2.05, 4.69) is 6.08 Å². The molecule has 1 nitrogen and oxygen atoms in total.